The Morgan fingerprint density at radius 2 is 2.38 bits per heavy atom. The number of hydrogen-bond acceptors (Lipinski definition) is 3. The van der Waals surface area contributed by atoms with Crippen LogP contribution >= 0.6 is 0 Å². The van der Waals surface area contributed by atoms with Gasteiger partial charge in [0.15, 0.2) is 0 Å². The van der Waals surface area contributed by atoms with Crippen LogP contribution < -0.4 is 5.32 Å². The molecule has 0 aliphatic heterocycles. The number of nitrogens with zero attached hydrogens (tertiary/aromatic N) is 3. The van der Waals surface area contributed by atoms with Gasteiger partial charge in [-0.25, -0.2) is 0 Å². The third-order valence-corrected chi connectivity index (χ3v) is 3.49. The number of likely N-dealkylation sites (N-methyl/N-ethyl adjacent to an activating group) is 1. The molecular weight excluding hydrogens is 200 g/mol. The number of aromatic nitrogens is 2. The Morgan fingerprint density at radius 3 is 2.94 bits per heavy atom. The van der Waals surface area contributed by atoms with E-state index in [-0.39, 0.29) is 0 Å². The van der Waals surface area contributed by atoms with E-state index in [1.807, 2.05) is 17.9 Å². The molecule has 0 saturated heterocycles. The molecule has 1 saturated carbocycles. The zero-order valence-corrected chi connectivity index (χ0v) is 10.5. The maximum atomic E-state index is 4.15. The molecule has 1 aromatic heterocycles. The second-order valence-corrected chi connectivity index (χ2v) is 4.82. The van der Waals surface area contributed by atoms with Crippen molar-refractivity contribution in [1.29, 1.82) is 0 Å². The van der Waals surface area contributed by atoms with Gasteiger partial charge in [-0.1, -0.05) is 0 Å². The SMILES string of the molecule is CC(CNCc1ccnn1C)N(C)C1CC1. The zero-order chi connectivity index (χ0) is 11.5. The lowest BCUT2D eigenvalue weighted by Gasteiger charge is -2.24. The van der Waals surface area contributed by atoms with Crippen molar-refractivity contribution in [3.05, 3.63) is 18.0 Å². The van der Waals surface area contributed by atoms with Crippen molar-refractivity contribution in [2.45, 2.75) is 38.4 Å². The van der Waals surface area contributed by atoms with Crippen molar-refractivity contribution in [3.8, 4) is 0 Å². The molecule has 1 aromatic rings. The van der Waals surface area contributed by atoms with Crippen LogP contribution in [-0.2, 0) is 13.6 Å². The molecule has 1 aliphatic carbocycles. The average Bonchev–Trinajstić information content (AvgIpc) is 3.03. The van der Waals surface area contributed by atoms with Gasteiger partial charge in [-0.05, 0) is 32.9 Å². The van der Waals surface area contributed by atoms with Gasteiger partial charge in [0.05, 0.1) is 5.69 Å². The first-order chi connectivity index (χ1) is 7.68. The topological polar surface area (TPSA) is 33.1 Å². The molecule has 0 radical (unpaired) electrons. The highest BCUT2D eigenvalue weighted by atomic mass is 15.3. The number of nitrogens with one attached hydrogen (secondary N) is 1. The minimum atomic E-state index is 0.612. The fourth-order valence-corrected chi connectivity index (χ4v) is 1.97. The van der Waals surface area contributed by atoms with Gasteiger partial charge >= 0.3 is 0 Å². The van der Waals surface area contributed by atoms with Crippen LogP contribution in [0.3, 0.4) is 0 Å². The maximum Gasteiger partial charge on any atom is 0.0518 e. The summed E-state index contributed by atoms with van der Waals surface area (Å²) in [6.45, 7) is 4.23. The minimum Gasteiger partial charge on any atom is -0.310 e. The largest absolute Gasteiger partial charge is 0.310 e. The molecule has 1 N–H and O–H groups in total. The third kappa shape index (κ3) is 2.83. The molecule has 0 bridgehead atoms. The van der Waals surface area contributed by atoms with Crippen molar-refractivity contribution in [3.63, 3.8) is 0 Å². The summed E-state index contributed by atoms with van der Waals surface area (Å²) in [6, 6.07) is 3.51. The molecule has 1 atom stereocenters. The second kappa shape index (κ2) is 4.97. The van der Waals surface area contributed by atoms with Gasteiger partial charge in [0.2, 0.25) is 0 Å². The zero-order valence-electron chi connectivity index (χ0n) is 10.5. The van der Waals surface area contributed by atoms with E-state index < -0.39 is 0 Å². The molecule has 1 heterocycles. The summed E-state index contributed by atoms with van der Waals surface area (Å²) in [5.74, 6) is 0. The van der Waals surface area contributed by atoms with Gasteiger partial charge in [0.1, 0.15) is 0 Å². The number of hydrogen-bond donors (Lipinski definition) is 1. The van der Waals surface area contributed by atoms with E-state index in [0.29, 0.717) is 6.04 Å². The molecule has 0 amide bonds. The van der Waals surface area contributed by atoms with E-state index in [1.165, 1.54) is 18.5 Å². The van der Waals surface area contributed by atoms with Crippen LogP contribution in [0.15, 0.2) is 12.3 Å². The molecule has 0 aromatic carbocycles. The third-order valence-electron chi connectivity index (χ3n) is 3.49. The highest BCUT2D eigenvalue weighted by Gasteiger charge is 2.28. The van der Waals surface area contributed by atoms with Crippen molar-refractivity contribution in [2.75, 3.05) is 13.6 Å². The maximum absolute atomic E-state index is 4.15. The van der Waals surface area contributed by atoms with Crippen LogP contribution in [0, 0.1) is 0 Å². The quantitative estimate of drug-likeness (QED) is 0.779. The first-order valence-electron chi connectivity index (χ1n) is 6.08. The van der Waals surface area contributed by atoms with Crippen LogP contribution in [0.2, 0.25) is 0 Å². The van der Waals surface area contributed by atoms with Gasteiger partial charge in [0.25, 0.3) is 0 Å². The Kier molecular flexibility index (Phi) is 3.61. The summed E-state index contributed by atoms with van der Waals surface area (Å²) in [5.41, 5.74) is 1.24. The Balaban J connectivity index is 1.69. The van der Waals surface area contributed by atoms with Crippen molar-refractivity contribution in [2.24, 2.45) is 7.05 Å². The molecule has 1 aliphatic rings. The second-order valence-electron chi connectivity index (χ2n) is 4.82. The first kappa shape index (κ1) is 11.6. The standard InChI is InChI=1S/C12H22N4/c1-10(15(2)11-4-5-11)8-13-9-12-6-7-14-16(12)3/h6-7,10-11,13H,4-5,8-9H2,1-3H3. The first-order valence-corrected chi connectivity index (χ1v) is 6.08. The van der Waals surface area contributed by atoms with Crippen molar-refractivity contribution >= 4 is 0 Å². The van der Waals surface area contributed by atoms with Gasteiger partial charge < -0.3 is 5.32 Å². The molecular formula is C12H22N4. The molecule has 4 heteroatoms. The normalized spacial score (nSPS) is 18.0. The van der Waals surface area contributed by atoms with E-state index in [0.717, 1.165) is 19.1 Å². The smallest absolute Gasteiger partial charge is 0.0518 e. The molecule has 2 rings (SSSR count). The van der Waals surface area contributed by atoms with Crippen LogP contribution in [0.1, 0.15) is 25.5 Å². The lowest BCUT2D eigenvalue weighted by Crippen LogP contribution is -2.39. The fraction of sp³-hybridized carbons (Fsp3) is 0.750. The average molecular weight is 222 g/mol. The highest BCUT2D eigenvalue weighted by molar-refractivity contribution is 4.99. The van der Waals surface area contributed by atoms with Crippen LogP contribution in [-0.4, -0.2) is 40.4 Å². The molecule has 16 heavy (non-hydrogen) atoms. The molecule has 4 nitrogen and oxygen atoms in total. The lowest BCUT2D eigenvalue weighted by atomic mass is 10.3. The Labute approximate surface area is 97.6 Å². The Morgan fingerprint density at radius 1 is 1.62 bits per heavy atom. The summed E-state index contributed by atoms with van der Waals surface area (Å²) in [5, 5.41) is 7.64. The minimum absolute atomic E-state index is 0.612. The monoisotopic (exact) mass is 222 g/mol. The number of aryl methyl sites for hydroxylation is 1. The summed E-state index contributed by atoms with van der Waals surface area (Å²) >= 11 is 0. The van der Waals surface area contributed by atoms with Gasteiger partial charge in [0, 0.05) is 38.4 Å². The summed E-state index contributed by atoms with van der Waals surface area (Å²) in [7, 11) is 4.21. The lowest BCUT2D eigenvalue weighted by molar-refractivity contribution is 0.240. The van der Waals surface area contributed by atoms with Gasteiger partial charge in [-0.3, -0.25) is 9.58 Å². The predicted octanol–water partition coefficient (Wildman–Crippen LogP) is 0.992. The molecule has 0 spiro atoms. The van der Waals surface area contributed by atoms with E-state index in [4.69, 9.17) is 0 Å². The van der Waals surface area contributed by atoms with Crippen LogP contribution in [0.25, 0.3) is 0 Å². The summed E-state index contributed by atoms with van der Waals surface area (Å²) in [4.78, 5) is 2.48. The van der Waals surface area contributed by atoms with Crippen molar-refractivity contribution in [1.82, 2.24) is 20.0 Å². The van der Waals surface area contributed by atoms with E-state index in [9.17, 15) is 0 Å². The molecule has 1 fully saturated rings. The summed E-state index contributed by atoms with van der Waals surface area (Å²) < 4.78 is 1.92. The van der Waals surface area contributed by atoms with E-state index >= 15 is 0 Å². The Bertz CT molecular complexity index is 330. The molecule has 1 unspecified atom stereocenters. The highest BCUT2D eigenvalue weighted by Crippen LogP contribution is 2.26. The van der Waals surface area contributed by atoms with Crippen LogP contribution in [0.5, 0.6) is 0 Å². The van der Waals surface area contributed by atoms with Crippen LogP contribution in [0.4, 0.5) is 0 Å². The fourth-order valence-electron chi connectivity index (χ4n) is 1.97. The van der Waals surface area contributed by atoms with E-state index in [1.54, 1.807) is 0 Å². The number of rotatable bonds is 6. The van der Waals surface area contributed by atoms with Gasteiger partial charge in [-0.15, -0.1) is 0 Å². The van der Waals surface area contributed by atoms with Crippen molar-refractivity contribution < 1.29 is 0 Å². The summed E-state index contributed by atoms with van der Waals surface area (Å²) in [6.07, 6.45) is 4.60. The Hall–Kier alpha value is -0.870. The predicted molar refractivity (Wildman–Crippen MR) is 65.2 cm³/mol. The van der Waals surface area contributed by atoms with E-state index in [2.05, 4.69) is 35.4 Å². The van der Waals surface area contributed by atoms with Gasteiger partial charge in [-0.2, -0.15) is 5.10 Å². The molecule has 90 valence electrons.